The van der Waals surface area contributed by atoms with Crippen molar-refractivity contribution in [3.05, 3.63) is 52.3 Å². The Bertz CT molecular complexity index is 1060. The van der Waals surface area contributed by atoms with Gasteiger partial charge >= 0.3 is 5.69 Å². The standard InChI is InChI=1S/C19H22ClN5O2/c1-5-16-21-11-13(20)17(23-16)22-12-6-7-14-15(10-12)25(18(26)24(14)4)9-8-19(2,3)27/h5-7,10-11,27H,1,8-9H2,2-4H3,(H,21,22,23). The van der Waals surface area contributed by atoms with Crippen LogP contribution < -0.4 is 11.0 Å². The maximum Gasteiger partial charge on any atom is 0.328 e. The lowest BCUT2D eigenvalue weighted by Crippen LogP contribution is -2.27. The highest BCUT2D eigenvalue weighted by Gasteiger charge is 2.17. The van der Waals surface area contributed by atoms with Crippen LogP contribution in [0.1, 0.15) is 26.1 Å². The van der Waals surface area contributed by atoms with Crippen molar-refractivity contribution in [2.75, 3.05) is 5.32 Å². The molecule has 0 unspecified atom stereocenters. The summed E-state index contributed by atoms with van der Waals surface area (Å²) in [5, 5.41) is 13.6. The largest absolute Gasteiger partial charge is 0.390 e. The van der Waals surface area contributed by atoms with E-state index in [0.717, 1.165) is 16.7 Å². The Morgan fingerprint density at radius 3 is 2.78 bits per heavy atom. The van der Waals surface area contributed by atoms with Crippen molar-refractivity contribution in [3.8, 4) is 0 Å². The molecule has 27 heavy (non-hydrogen) atoms. The third-order valence-electron chi connectivity index (χ3n) is 4.30. The van der Waals surface area contributed by atoms with Crippen LogP contribution in [-0.4, -0.2) is 29.8 Å². The third kappa shape index (κ3) is 4.04. The van der Waals surface area contributed by atoms with Crippen LogP contribution in [0.5, 0.6) is 0 Å². The number of nitrogens with zero attached hydrogens (tertiary/aromatic N) is 4. The second kappa shape index (κ2) is 7.17. The van der Waals surface area contributed by atoms with Gasteiger partial charge in [0, 0.05) is 19.3 Å². The molecule has 142 valence electrons. The number of hydrogen-bond acceptors (Lipinski definition) is 5. The normalized spacial score (nSPS) is 11.7. The van der Waals surface area contributed by atoms with Crippen molar-refractivity contribution >= 4 is 40.2 Å². The molecule has 0 radical (unpaired) electrons. The maximum atomic E-state index is 12.6. The fraction of sp³-hybridized carbons (Fsp3) is 0.316. The molecule has 0 aliphatic carbocycles. The van der Waals surface area contributed by atoms with Crippen LogP contribution in [0.3, 0.4) is 0 Å². The van der Waals surface area contributed by atoms with Gasteiger partial charge in [-0.05, 0) is 44.5 Å². The molecule has 3 aromatic rings. The first-order valence-electron chi connectivity index (χ1n) is 8.53. The molecule has 0 bridgehead atoms. The molecule has 0 amide bonds. The lowest BCUT2D eigenvalue weighted by molar-refractivity contribution is 0.0662. The number of benzene rings is 1. The molecule has 2 heterocycles. The molecule has 0 aliphatic rings. The van der Waals surface area contributed by atoms with Crippen LogP contribution in [-0.2, 0) is 13.6 Å². The molecule has 2 N–H and O–H groups in total. The summed E-state index contributed by atoms with van der Waals surface area (Å²) in [6.07, 6.45) is 3.51. The van der Waals surface area contributed by atoms with Crippen molar-refractivity contribution in [2.45, 2.75) is 32.4 Å². The lowest BCUT2D eigenvalue weighted by atomic mass is 10.1. The van der Waals surface area contributed by atoms with Crippen LogP contribution in [0.25, 0.3) is 17.1 Å². The quantitative estimate of drug-likeness (QED) is 0.677. The monoisotopic (exact) mass is 387 g/mol. The second-order valence-corrected chi connectivity index (χ2v) is 7.42. The van der Waals surface area contributed by atoms with Crippen LogP contribution in [0.4, 0.5) is 11.5 Å². The first kappa shape index (κ1) is 19.1. The number of halogens is 1. The summed E-state index contributed by atoms with van der Waals surface area (Å²) < 4.78 is 3.26. The van der Waals surface area contributed by atoms with Gasteiger partial charge in [0.15, 0.2) is 11.6 Å². The molecule has 8 heteroatoms. The molecule has 2 aromatic heterocycles. The van der Waals surface area contributed by atoms with E-state index in [1.54, 1.807) is 30.0 Å². The minimum Gasteiger partial charge on any atom is -0.390 e. The Morgan fingerprint density at radius 1 is 1.37 bits per heavy atom. The first-order chi connectivity index (χ1) is 12.7. The van der Waals surface area contributed by atoms with Gasteiger partial charge in [0.25, 0.3) is 0 Å². The molecule has 7 nitrogen and oxygen atoms in total. The summed E-state index contributed by atoms with van der Waals surface area (Å²) in [7, 11) is 1.73. The van der Waals surface area contributed by atoms with Crippen molar-refractivity contribution in [1.82, 2.24) is 19.1 Å². The minimum atomic E-state index is -0.854. The molecule has 0 atom stereocenters. The highest BCUT2D eigenvalue weighted by Crippen LogP contribution is 2.25. The van der Waals surface area contributed by atoms with Gasteiger partial charge < -0.3 is 10.4 Å². The Morgan fingerprint density at radius 2 is 2.11 bits per heavy atom. The fourth-order valence-corrected chi connectivity index (χ4v) is 2.93. The van der Waals surface area contributed by atoms with Gasteiger partial charge in [-0.1, -0.05) is 18.2 Å². The summed E-state index contributed by atoms with van der Waals surface area (Å²) in [5.74, 6) is 0.923. The minimum absolute atomic E-state index is 0.125. The molecule has 0 saturated heterocycles. The topological polar surface area (TPSA) is 85.0 Å². The smallest absolute Gasteiger partial charge is 0.328 e. The zero-order valence-electron chi connectivity index (χ0n) is 15.5. The number of aryl methyl sites for hydroxylation is 2. The maximum absolute atomic E-state index is 12.6. The van der Waals surface area contributed by atoms with Crippen molar-refractivity contribution in [1.29, 1.82) is 0 Å². The SMILES string of the molecule is C=Cc1ncc(Cl)c(Nc2ccc3c(c2)n(CCC(C)(C)O)c(=O)n3C)n1. The molecule has 1 aromatic carbocycles. The molecule has 0 spiro atoms. The van der Waals surface area contributed by atoms with Gasteiger partial charge in [-0.15, -0.1) is 0 Å². The number of imidazole rings is 1. The van der Waals surface area contributed by atoms with E-state index >= 15 is 0 Å². The third-order valence-corrected chi connectivity index (χ3v) is 4.58. The Labute approximate surface area is 161 Å². The number of fused-ring (bicyclic) bond motifs is 1. The Balaban J connectivity index is 2.01. The lowest BCUT2D eigenvalue weighted by Gasteiger charge is -2.17. The molecule has 3 rings (SSSR count). The summed E-state index contributed by atoms with van der Waals surface area (Å²) >= 11 is 6.17. The zero-order chi connectivity index (χ0) is 19.8. The number of anilines is 2. The van der Waals surface area contributed by atoms with E-state index in [2.05, 4.69) is 21.9 Å². The summed E-state index contributed by atoms with van der Waals surface area (Å²) in [6, 6.07) is 5.59. The van der Waals surface area contributed by atoms with Crippen LogP contribution in [0, 0.1) is 0 Å². The van der Waals surface area contributed by atoms with Gasteiger partial charge in [-0.3, -0.25) is 9.13 Å². The fourth-order valence-electron chi connectivity index (χ4n) is 2.79. The van der Waals surface area contributed by atoms with E-state index in [4.69, 9.17) is 11.6 Å². The van der Waals surface area contributed by atoms with Gasteiger partial charge in [0.2, 0.25) is 0 Å². The predicted octanol–water partition coefficient (Wildman–Crippen LogP) is 3.33. The average molecular weight is 388 g/mol. The van der Waals surface area contributed by atoms with Crippen molar-refractivity contribution in [3.63, 3.8) is 0 Å². The highest BCUT2D eigenvalue weighted by atomic mass is 35.5. The Kier molecular flexibility index (Phi) is 5.08. The molecule has 0 aliphatic heterocycles. The summed E-state index contributed by atoms with van der Waals surface area (Å²) in [6.45, 7) is 7.52. The van der Waals surface area contributed by atoms with Gasteiger partial charge in [-0.2, -0.15) is 0 Å². The number of hydrogen-bond donors (Lipinski definition) is 2. The molecular weight excluding hydrogens is 366 g/mol. The summed E-state index contributed by atoms with van der Waals surface area (Å²) in [5.41, 5.74) is 1.33. The molecular formula is C19H22ClN5O2. The average Bonchev–Trinajstić information content (AvgIpc) is 2.85. The van der Waals surface area contributed by atoms with E-state index in [9.17, 15) is 9.90 Å². The van der Waals surface area contributed by atoms with Crippen LogP contribution >= 0.6 is 11.6 Å². The van der Waals surface area contributed by atoms with Crippen LogP contribution in [0.15, 0.2) is 35.8 Å². The summed E-state index contributed by atoms with van der Waals surface area (Å²) in [4.78, 5) is 20.9. The molecule has 0 fully saturated rings. The van der Waals surface area contributed by atoms with E-state index in [-0.39, 0.29) is 5.69 Å². The van der Waals surface area contributed by atoms with E-state index < -0.39 is 5.60 Å². The van der Waals surface area contributed by atoms with Crippen molar-refractivity contribution in [2.24, 2.45) is 7.05 Å². The number of aromatic nitrogens is 4. The van der Waals surface area contributed by atoms with Gasteiger partial charge in [-0.25, -0.2) is 14.8 Å². The molecule has 0 saturated carbocycles. The number of nitrogens with one attached hydrogen (secondary N) is 1. The predicted molar refractivity (Wildman–Crippen MR) is 109 cm³/mol. The van der Waals surface area contributed by atoms with E-state index in [0.29, 0.717) is 29.6 Å². The number of aliphatic hydroxyl groups is 1. The highest BCUT2D eigenvalue weighted by molar-refractivity contribution is 6.32. The van der Waals surface area contributed by atoms with E-state index in [1.165, 1.54) is 12.3 Å². The van der Waals surface area contributed by atoms with Crippen LogP contribution in [0.2, 0.25) is 5.02 Å². The Hall–Kier alpha value is -2.64. The first-order valence-corrected chi connectivity index (χ1v) is 8.91. The van der Waals surface area contributed by atoms with Gasteiger partial charge in [0.1, 0.15) is 5.02 Å². The van der Waals surface area contributed by atoms with E-state index in [1.807, 2.05) is 18.2 Å². The van der Waals surface area contributed by atoms with Gasteiger partial charge in [0.05, 0.1) is 22.8 Å². The number of rotatable bonds is 6. The zero-order valence-corrected chi connectivity index (χ0v) is 16.3. The second-order valence-electron chi connectivity index (χ2n) is 7.01. The van der Waals surface area contributed by atoms with Crippen molar-refractivity contribution < 1.29 is 5.11 Å².